The molecule has 0 radical (unpaired) electrons. The van der Waals surface area contributed by atoms with E-state index in [2.05, 4.69) is 10.6 Å². The Morgan fingerprint density at radius 2 is 1.55 bits per heavy atom. The summed E-state index contributed by atoms with van der Waals surface area (Å²) < 4.78 is 13.1. The van der Waals surface area contributed by atoms with Crippen LogP contribution in [0.1, 0.15) is 26.3 Å². The fraction of sp³-hybridized carbons (Fsp3) is 0.0333. The molecule has 0 fully saturated rings. The van der Waals surface area contributed by atoms with Gasteiger partial charge in [-0.2, -0.15) is 0 Å². The van der Waals surface area contributed by atoms with Gasteiger partial charge < -0.3 is 10.6 Å². The molecule has 10 heteroatoms. The fourth-order valence-corrected chi connectivity index (χ4v) is 4.45. The number of anilines is 1. The van der Waals surface area contributed by atoms with Crippen LogP contribution in [0.5, 0.6) is 0 Å². The maximum absolute atomic E-state index is 13.3. The van der Waals surface area contributed by atoms with Gasteiger partial charge in [0.1, 0.15) is 11.5 Å². The number of ketones is 1. The maximum atomic E-state index is 13.3. The number of thioether (sulfide) groups is 1. The van der Waals surface area contributed by atoms with E-state index in [4.69, 9.17) is 0 Å². The van der Waals surface area contributed by atoms with Crippen molar-refractivity contribution in [3.8, 4) is 0 Å². The van der Waals surface area contributed by atoms with Gasteiger partial charge >= 0.3 is 0 Å². The lowest BCUT2D eigenvalue weighted by Gasteiger charge is -2.12. The minimum atomic E-state index is -0.702. The topological polar surface area (TPSA) is 118 Å². The van der Waals surface area contributed by atoms with Crippen LogP contribution in [0.2, 0.25) is 0 Å². The predicted octanol–water partition coefficient (Wildman–Crippen LogP) is 6.12. The second-order valence-corrected chi connectivity index (χ2v) is 9.44. The monoisotopic (exact) mass is 555 g/mol. The van der Waals surface area contributed by atoms with Crippen LogP contribution in [0.15, 0.2) is 114 Å². The lowest BCUT2D eigenvalue weighted by atomic mass is 10.1. The quantitative estimate of drug-likeness (QED) is 0.0800. The smallest absolute Gasteiger partial charge is 0.276 e. The molecule has 2 amide bonds. The third-order valence-electron chi connectivity index (χ3n) is 5.59. The first-order valence-corrected chi connectivity index (χ1v) is 12.9. The average Bonchev–Trinajstić information content (AvgIpc) is 2.96. The predicted molar refractivity (Wildman–Crippen MR) is 152 cm³/mol. The van der Waals surface area contributed by atoms with Crippen molar-refractivity contribution >= 4 is 46.8 Å². The van der Waals surface area contributed by atoms with Crippen LogP contribution in [0.4, 0.5) is 15.8 Å². The van der Waals surface area contributed by atoms with E-state index in [1.165, 1.54) is 60.3 Å². The van der Waals surface area contributed by atoms with E-state index in [9.17, 15) is 28.9 Å². The number of nitro groups is 1. The number of hydrogen-bond acceptors (Lipinski definition) is 6. The lowest BCUT2D eigenvalue weighted by molar-refractivity contribution is -0.385. The lowest BCUT2D eigenvalue weighted by Crippen LogP contribution is -2.30. The van der Waals surface area contributed by atoms with E-state index in [0.29, 0.717) is 21.7 Å². The molecular formula is C30H22FN3O5S. The van der Waals surface area contributed by atoms with Crippen LogP contribution < -0.4 is 10.6 Å². The molecule has 0 saturated heterocycles. The number of hydrogen-bond donors (Lipinski definition) is 2. The van der Waals surface area contributed by atoms with E-state index in [1.54, 1.807) is 60.7 Å². The second kappa shape index (κ2) is 13.1. The molecule has 8 nitrogen and oxygen atoms in total. The highest BCUT2D eigenvalue weighted by Crippen LogP contribution is 2.24. The first-order chi connectivity index (χ1) is 19.3. The summed E-state index contributed by atoms with van der Waals surface area (Å²) in [5, 5.41) is 16.8. The summed E-state index contributed by atoms with van der Waals surface area (Å²) in [5.74, 6) is -1.78. The van der Waals surface area contributed by atoms with E-state index >= 15 is 0 Å². The molecular weight excluding hydrogens is 533 g/mol. The minimum absolute atomic E-state index is 0.0962. The molecule has 0 atom stereocenters. The molecule has 0 aromatic heterocycles. The number of nitrogens with zero attached hydrogens (tertiary/aromatic N) is 1. The number of rotatable bonds is 10. The fourth-order valence-electron chi connectivity index (χ4n) is 3.60. The number of nitro benzene ring substituents is 1. The SMILES string of the molecule is O=C(Nc1cccc(SCC(=O)c2ccc(F)cc2)c1)/C(=C/c1ccccc1[N+](=O)[O-])NC(=O)c1ccccc1. The Morgan fingerprint density at radius 1 is 0.850 bits per heavy atom. The van der Waals surface area contributed by atoms with Crippen LogP contribution in [0.25, 0.3) is 6.08 Å². The molecule has 0 aliphatic carbocycles. The van der Waals surface area contributed by atoms with E-state index in [-0.39, 0.29) is 28.5 Å². The molecule has 0 unspecified atom stereocenters. The average molecular weight is 556 g/mol. The number of Topliss-reactive ketones (excluding diaryl/α,β-unsaturated/α-hetero) is 1. The van der Waals surface area contributed by atoms with Crippen LogP contribution in [-0.2, 0) is 4.79 Å². The van der Waals surface area contributed by atoms with Gasteiger partial charge in [-0.1, -0.05) is 36.4 Å². The molecule has 0 aliphatic heterocycles. The van der Waals surface area contributed by atoms with Gasteiger partial charge in [-0.25, -0.2) is 4.39 Å². The summed E-state index contributed by atoms with van der Waals surface area (Å²) in [6.07, 6.45) is 1.24. The molecule has 2 N–H and O–H groups in total. The highest BCUT2D eigenvalue weighted by atomic mass is 32.2. The molecule has 4 aromatic carbocycles. The van der Waals surface area contributed by atoms with Crippen LogP contribution >= 0.6 is 11.8 Å². The van der Waals surface area contributed by atoms with Gasteiger partial charge in [0.25, 0.3) is 17.5 Å². The minimum Gasteiger partial charge on any atom is -0.321 e. The van der Waals surface area contributed by atoms with E-state index in [1.807, 2.05) is 0 Å². The van der Waals surface area contributed by atoms with Gasteiger partial charge in [0.05, 0.1) is 16.2 Å². The molecule has 0 heterocycles. The molecule has 0 aliphatic rings. The summed E-state index contributed by atoms with van der Waals surface area (Å²) in [5.41, 5.74) is 0.769. The van der Waals surface area contributed by atoms with Crippen molar-refractivity contribution in [2.45, 2.75) is 4.90 Å². The Labute approximate surface area is 233 Å². The number of nitrogens with one attached hydrogen (secondary N) is 2. The first kappa shape index (κ1) is 27.9. The highest BCUT2D eigenvalue weighted by molar-refractivity contribution is 8.00. The number of halogens is 1. The Balaban J connectivity index is 1.53. The third-order valence-corrected chi connectivity index (χ3v) is 6.58. The number of benzene rings is 4. The zero-order valence-electron chi connectivity index (χ0n) is 20.9. The molecule has 0 spiro atoms. The van der Waals surface area contributed by atoms with Crippen molar-refractivity contribution in [1.82, 2.24) is 5.32 Å². The molecule has 4 rings (SSSR count). The normalized spacial score (nSPS) is 11.0. The van der Waals surface area contributed by atoms with Crippen LogP contribution in [-0.4, -0.2) is 28.3 Å². The van der Waals surface area contributed by atoms with Gasteiger partial charge in [-0.05, 0) is 66.7 Å². The Kier molecular flexibility index (Phi) is 9.16. The van der Waals surface area contributed by atoms with Gasteiger partial charge in [0, 0.05) is 27.8 Å². The first-order valence-electron chi connectivity index (χ1n) is 11.9. The Hall–Kier alpha value is -5.09. The van der Waals surface area contributed by atoms with Crippen molar-refractivity contribution < 1.29 is 23.7 Å². The maximum Gasteiger partial charge on any atom is 0.276 e. The molecule has 0 bridgehead atoms. The van der Waals surface area contributed by atoms with E-state index in [0.717, 1.165) is 0 Å². The summed E-state index contributed by atoms with van der Waals surface area (Å²) in [4.78, 5) is 50.2. The zero-order chi connectivity index (χ0) is 28.5. The largest absolute Gasteiger partial charge is 0.321 e. The summed E-state index contributed by atoms with van der Waals surface area (Å²) in [6.45, 7) is 0. The molecule has 0 saturated carbocycles. The van der Waals surface area contributed by atoms with E-state index < -0.39 is 22.6 Å². The third kappa shape index (κ3) is 7.49. The molecule has 200 valence electrons. The van der Waals surface area contributed by atoms with Crippen LogP contribution in [0.3, 0.4) is 0 Å². The van der Waals surface area contributed by atoms with Gasteiger partial charge in [0.15, 0.2) is 5.78 Å². The number of amides is 2. The van der Waals surface area contributed by atoms with Crippen molar-refractivity contribution in [3.05, 3.63) is 141 Å². The standard InChI is InChI=1S/C30H22FN3O5S/c31-23-15-13-20(14-16-23)28(35)19-40-25-11-6-10-24(18-25)32-30(37)26(33-29(36)21-7-2-1-3-8-21)17-22-9-4-5-12-27(22)34(38)39/h1-18H,19H2,(H,32,37)(H,33,36)/b26-17-. The summed E-state index contributed by atoms with van der Waals surface area (Å²) in [7, 11) is 0. The summed E-state index contributed by atoms with van der Waals surface area (Å²) >= 11 is 1.24. The van der Waals surface area contributed by atoms with Crippen molar-refractivity contribution in [2.24, 2.45) is 0 Å². The Morgan fingerprint density at radius 3 is 2.27 bits per heavy atom. The van der Waals surface area contributed by atoms with Crippen molar-refractivity contribution in [2.75, 3.05) is 11.1 Å². The highest BCUT2D eigenvalue weighted by Gasteiger charge is 2.18. The van der Waals surface area contributed by atoms with Gasteiger partial charge in [0.2, 0.25) is 0 Å². The van der Waals surface area contributed by atoms with Crippen molar-refractivity contribution in [3.63, 3.8) is 0 Å². The Bertz CT molecular complexity index is 1590. The second-order valence-electron chi connectivity index (χ2n) is 8.39. The van der Waals surface area contributed by atoms with Crippen LogP contribution in [0, 0.1) is 15.9 Å². The van der Waals surface area contributed by atoms with Crippen molar-refractivity contribution in [1.29, 1.82) is 0 Å². The number of para-hydroxylation sites is 1. The van der Waals surface area contributed by atoms with Gasteiger partial charge in [-0.15, -0.1) is 11.8 Å². The molecule has 40 heavy (non-hydrogen) atoms. The number of carbonyl (C=O) groups excluding carboxylic acids is 3. The van der Waals surface area contributed by atoms with Gasteiger partial charge in [-0.3, -0.25) is 24.5 Å². The number of carbonyl (C=O) groups is 3. The zero-order valence-corrected chi connectivity index (χ0v) is 21.7. The summed E-state index contributed by atoms with van der Waals surface area (Å²) in [6, 6.07) is 26.1. The molecule has 4 aromatic rings.